The van der Waals surface area contributed by atoms with Gasteiger partial charge in [-0.15, -0.1) is 0 Å². The van der Waals surface area contributed by atoms with Crippen LogP contribution in [-0.2, 0) is 4.74 Å². The fourth-order valence-corrected chi connectivity index (χ4v) is 3.01. The van der Waals surface area contributed by atoms with E-state index in [1.54, 1.807) is 0 Å². The molecule has 0 radical (unpaired) electrons. The van der Waals surface area contributed by atoms with Gasteiger partial charge in [0, 0.05) is 29.7 Å². The van der Waals surface area contributed by atoms with Gasteiger partial charge in [0.2, 0.25) is 0 Å². The van der Waals surface area contributed by atoms with E-state index in [1.807, 2.05) is 56.3 Å². The van der Waals surface area contributed by atoms with Crippen molar-refractivity contribution in [3.8, 4) is 0 Å². The highest BCUT2D eigenvalue weighted by Crippen LogP contribution is 2.21. The lowest BCUT2D eigenvalue weighted by atomic mass is 10.1. The average Bonchev–Trinajstić information content (AvgIpc) is 2.97. The molecule has 0 fully saturated rings. The van der Waals surface area contributed by atoms with E-state index >= 15 is 0 Å². The molecule has 130 valence electrons. The number of amides is 1. The topological polar surface area (TPSA) is 54.1 Å². The molecule has 4 heteroatoms. The first-order chi connectivity index (χ1) is 12.2. The molecule has 0 aliphatic heterocycles. The lowest BCUT2D eigenvalue weighted by molar-refractivity contribution is 0.0635. The molecule has 0 saturated carbocycles. The van der Waals surface area contributed by atoms with Crippen LogP contribution >= 0.6 is 0 Å². The second-order valence-electron chi connectivity index (χ2n) is 6.20. The lowest BCUT2D eigenvalue weighted by Gasteiger charge is -2.13. The second kappa shape index (κ2) is 7.99. The number of aryl methyl sites for hydroxylation is 1. The predicted octanol–water partition coefficient (Wildman–Crippen LogP) is 4.37. The van der Waals surface area contributed by atoms with Crippen LogP contribution in [0.25, 0.3) is 10.9 Å². The molecule has 0 saturated heterocycles. The number of para-hydroxylation sites is 1. The number of H-pyrrole nitrogens is 1. The Bertz CT molecular complexity index is 839. The van der Waals surface area contributed by atoms with Crippen molar-refractivity contribution in [2.24, 2.45) is 0 Å². The minimum absolute atomic E-state index is 0.0361. The molecule has 1 atom stereocenters. The van der Waals surface area contributed by atoms with Gasteiger partial charge in [0.15, 0.2) is 0 Å². The maximum Gasteiger partial charge on any atom is 0.253 e. The summed E-state index contributed by atoms with van der Waals surface area (Å²) in [6.07, 6.45) is 0.845. The van der Waals surface area contributed by atoms with Crippen LogP contribution in [0.5, 0.6) is 0 Å². The van der Waals surface area contributed by atoms with Gasteiger partial charge in [-0.3, -0.25) is 4.79 Å². The number of benzene rings is 2. The fourth-order valence-electron chi connectivity index (χ4n) is 3.01. The number of hydrogen-bond donors (Lipinski definition) is 2. The van der Waals surface area contributed by atoms with E-state index in [0.717, 1.165) is 28.6 Å². The third kappa shape index (κ3) is 4.09. The maximum atomic E-state index is 12.5. The Labute approximate surface area is 148 Å². The Balaban J connectivity index is 1.47. The number of aromatic nitrogens is 1. The zero-order valence-electron chi connectivity index (χ0n) is 14.7. The first-order valence-electron chi connectivity index (χ1n) is 8.69. The number of hydrogen-bond acceptors (Lipinski definition) is 2. The van der Waals surface area contributed by atoms with Crippen LogP contribution in [0.3, 0.4) is 0 Å². The quantitative estimate of drug-likeness (QED) is 0.629. The maximum absolute atomic E-state index is 12.5. The molecule has 1 aromatic heterocycles. The molecule has 1 amide bonds. The molecule has 3 rings (SSSR count). The Morgan fingerprint density at radius 1 is 1.12 bits per heavy atom. The van der Waals surface area contributed by atoms with Crippen LogP contribution in [0.2, 0.25) is 0 Å². The summed E-state index contributed by atoms with van der Waals surface area (Å²) in [6, 6.07) is 18.0. The van der Waals surface area contributed by atoms with Gasteiger partial charge in [-0.2, -0.15) is 0 Å². The largest absolute Gasteiger partial charge is 0.374 e. The zero-order valence-corrected chi connectivity index (χ0v) is 14.7. The van der Waals surface area contributed by atoms with E-state index in [-0.39, 0.29) is 12.0 Å². The van der Waals surface area contributed by atoms with E-state index in [2.05, 4.69) is 22.4 Å². The van der Waals surface area contributed by atoms with Gasteiger partial charge in [0.25, 0.3) is 5.91 Å². The molecule has 1 heterocycles. The summed E-state index contributed by atoms with van der Waals surface area (Å²) in [5.74, 6) is -0.0361. The van der Waals surface area contributed by atoms with E-state index in [9.17, 15) is 4.79 Å². The number of nitrogens with one attached hydrogen (secondary N) is 2. The van der Waals surface area contributed by atoms with E-state index in [0.29, 0.717) is 13.2 Å². The third-order valence-corrected chi connectivity index (χ3v) is 4.36. The smallest absolute Gasteiger partial charge is 0.253 e. The van der Waals surface area contributed by atoms with Crippen LogP contribution < -0.4 is 5.32 Å². The van der Waals surface area contributed by atoms with Crippen molar-refractivity contribution >= 4 is 16.8 Å². The minimum Gasteiger partial charge on any atom is -0.374 e. The molecule has 2 aromatic carbocycles. The van der Waals surface area contributed by atoms with Crippen LogP contribution in [0.4, 0.5) is 0 Å². The average molecular weight is 336 g/mol. The highest BCUT2D eigenvalue weighted by atomic mass is 16.5. The summed E-state index contributed by atoms with van der Waals surface area (Å²) < 4.78 is 5.84. The molecule has 1 unspecified atom stereocenters. The predicted molar refractivity (Wildman–Crippen MR) is 101 cm³/mol. The van der Waals surface area contributed by atoms with Crippen molar-refractivity contribution in [2.45, 2.75) is 26.4 Å². The Kier molecular flexibility index (Phi) is 5.51. The minimum atomic E-state index is -0.0361. The number of ether oxygens (including phenoxy) is 1. The summed E-state index contributed by atoms with van der Waals surface area (Å²) in [5, 5.41) is 3.96. The van der Waals surface area contributed by atoms with Crippen LogP contribution in [0, 0.1) is 6.92 Å². The number of rotatable bonds is 7. The number of aromatic amines is 1. The Morgan fingerprint density at radius 3 is 2.64 bits per heavy atom. The van der Waals surface area contributed by atoms with E-state index in [4.69, 9.17) is 4.74 Å². The van der Waals surface area contributed by atoms with Gasteiger partial charge in [-0.05, 0) is 31.9 Å². The van der Waals surface area contributed by atoms with Gasteiger partial charge in [-0.25, -0.2) is 0 Å². The summed E-state index contributed by atoms with van der Waals surface area (Å²) in [4.78, 5) is 15.7. The van der Waals surface area contributed by atoms with E-state index in [1.165, 1.54) is 5.56 Å². The summed E-state index contributed by atoms with van der Waals surface area (Å²) in [7, 11) is 0. The van der Waals surface area contributed by atoms with Crippen LogP contribution in [0.15, 0.2) is 54.6 Å². The molecular formula is C21H24N2O2. The van der Waals surface area contributed by atoms with Gasteiger partial charge >= 0.3 is 0 Å². The summed E-state index contributed by atoms with van der Waals surface area (Å²) >= 11 is 0. The highest BCUT2D eigenvalue weighted by molar-refractivity contribution is 6.08. The van der Waals surface area contributed by atoms with Crippen molar-refractivity contribution in [1.82, 2.24) is 10.3 Å². The van der Waals surface area contributed by atoms with Crippen LogP contribution in [0.1, 0.15) is 41.1 Å². The standard InChI is InChI=1S/C21H24N2O2/c1-15-20(18-11-6-7-12-19(18)23-15)21(24)22-13-8-14-25-16(2)17-9-4-3-5-10-17/h3-7,9-12,16,23H,8,13-14H2,1-2H3,(H,22,24). The highest BCUT2D eigenvalue weighted by Gasteiger charge is 2.15. The first-order valence-corrected chi connectivity index (χ1v) is 8.69. The van der Waals surface area contributed by atoms with Crippen molar-refractivity contribution in [2.75, 3.05) is 13.2 Å². The Morgan fingerprint density at radius 2 is 1.84 bits per heavy atom. The van der Waals surface area contributed by atoms with Crippen molar-refractivity contribution in [3.63, 3.8) is 0 Å². The first kappa shape index (κ1) is 17.2. The normalized spacial score (nSPS) is 12.2. The van der Waals surface area contributed by atoms with Gasteiger partial charge in [-0.1, -0.05) is 48.5 Å². The molecular weight excluding hydrogens is 312 g/mol. The SMILES string of the molecule is Cc1[nH]c2ccccc2c1C(=O)NCCCOC(C)c1ccccc1. The zero-order chi connectivity index (χ0) is 17.6. The molecule has 0 aliphatic carbocycles. The number of carbonyl (C=O) groups is 1. The molecule has 0 spiro atoms. The molecule has 0 aliphatic rings. The monoisotopic (exact) mass is 336 g/mol. The fraction of sp³-hybridized carbons (Fsp3) is 0.286. The van der Waals surface area contributed by atoms with Crippen LogP contribution in [-0.4, -0.2) is 24.0 Å². The molecule has 2 N–H and O–H groups in total. The van der Waals surface area contributed by atoms with Crippen molar-refractivity contribution in [3.05, 3.63) is 71.4 Å². The second-order valence-corrected chi connectivity index (χ2v) is 6.20. The van der Waals surface area contributed by atoms with Gasteiger partial charge in [0.1, 0.15) is 0 Å². The third-order valence-electron chi connectivity index (χ3n) is 4.36. The van der Waals surface area contributed by atoms with Crippen molar-refractivity contribution in [1.29, 1.82) is 0 Å². The number of carbonyl (C=O) groups excluding carboxylic acids is 1. The molecule has 4 nitrogen and oxygen atoms in total. The van der Waals surface area contributed by atoms with Gasteiger partial charge in [0.05, 0.1) is 11.7 Å². The summed E-state index contributed by atoms with van der Waals surface area (Å²) in [5.41, 5.74) is 3.79. The molecule has 0 bridgehead atoms. The molecule has 25 heavy (non-hydrogen) atoms. The lowest BCUT2D eigenvalue weighted by Crippen LogP contribution is -2.25. The Hall–Kier alpha value is -2.59. The summed E-state index contributed by atoms with van der Waals surface area (Å²) in [6.45, 7) is 5.19. The van der Waals surface area contributed by atoms with Crippen molar-refractivity contribution < 1.29 is 9.53 Å². The van der Waals surface area contributed by atoms with Gasteiger partial charge < -0.3 is 15.0 Å². The number of fused-ring (bicyclic) bond motifs is 1. The van der Waals surface area contributed by atoms with E-state index < -0.39 is 0 Å². The molecule has 3 aromatic rings.